The van der Waals surface area contributed by atoms with E-state index in [1.807, 2.05) is 60.7 Å². The van der Waals surface area contributed by atoms with E-state index in [4.69, 9.17) is 17.2 Å². The van der Waals surface area contributed by atoms with Gasteiger partial charge in [0.05, 0.1) is 12.0 Å². The van der Waals surface area contributed by atoms with E-state index in [2.05, 4.69) is 4.98 Å². The van der Waals surface area contributed by atoms with Gasteiger partial charge in [-0.1, -0.05) is 60.7 Å². The van der Waals surface area contributed by atoms with Crippen LogP contribution in [0.15, 0.2) is 85.2 Å². The van der Waals surface area contributed by atoms with Crippen LogP contribution >= 0.6 is 0 Å². The first-order valence-corrected chi connectivity index (χ1v) is 9.22. The highest BCUT2D eigenvalue weighted by Crippen LogP contribution is 2.01. The normalized spacial score (nSPS) is 9.20. The summed E-state index contributed by atoms with van der Waals surface area (Å²) < 4.78 is 0. The van der Waals surface area contributed by atoms with Gasteiger partial charge in [0.2, 0.25) is 17.7 Å². The maximum atomic E-state index is 10.4. The molecule has 3 aromatic rings. The summed E-state index contributed by atoms with van der Waals surface area (Å²) in [6.45, 7) is 0. The zero-order valence-corrected chi connectivity index (χ0v) is 16.6. The molecule has 0 aliphatic carbocycles. The van der Waals surface area contributed by atoms with E-state index < -0.39 is 5.91 Å². The third-order valence-corrected chi connectivity index (χ3v) is 3.67. The summed E-state index contributed by atoms with van der Waals surface area (Å²) in [6, 6.07) is 22.6. The fraction of sp³-hybridized carbons (Fsp3) is 0.130. The van der Waals surface area contributed by atoms with Crippen LogP contribution < -0.4 is 17.2 Å². The Bertz CT molecular complexity index is 902. The Morgan fingerprint density at radius 2 is 1.27 bits per heavy atom. The van der Waals surface area contributed by atoms with E-state index in [1.54, 1.807) is 18.3 Å². The minimum atomic E-state index is -0.442. The van der Waals surface area contributed by atoms with Gasteiger partial charge in [-0.05, 0) is 29.7 Å². The zero-order chi connectivity index (χ0) is 22.2. The first kappa shape index (κ1) is 24.0. The van der Waals surface area contributed by atoms with Crippen molar-refractivity contribution in [3.8, 4) is 0 Å². The number of rotatable bonds is 6. The minimum absolute atomic E-state index is 0.242. The van der Waals surface area contributed by atoms with Gasteiger partial charge >= 0.3 is 0 Å². The number of hydrogen-bond acceptors (Lipinski definition) is 4. The molecule has 0 saturated carbocycles. The SMILES string of the molecule is NC(=O)CCc1ccccc1.NC(=O)Cc1ccccc1.NC(=O)c1cccnc1. The summed E-state index contributed by atoms with van der Waals surface area (Å²) in [6.07, 6.45) is 4.54. The van der Waals surface area contributed by atoms with Gasteiger partial charge < -0.3 is 17.2 Å². The molecule has 0 bridgehead atoms. The van der Waals surface area contributed by atoms with Gasteiger partial charge in [0.25, 0.3) is 0 Å². The van der Waals surface area contributed by atoms with Crippen molar-refractivity contribution in [3.05, 3.63) is 102 Å². The largest absolute Gasteiger partial charge is 0.370 e. The third-order valence-electron chi connectivity index (χ3n) is 3.67. The number of aryl methyl sites for hydroxylation is 1. The molecule has 156 valence electrons. The molecule has 0 radical (unpaired) electrons. The molecule has 0 saturated heterocycles. The van der Waals surface area contributed by atoms with Crippen molar-refractivity contribution in [1.29, 1.82) is 0 Å². The molecule has 0 spiro atoms. The Labute approximate surface area is 175 Å². The Hall–Kier alpha value is -4.00. The molecule has 0 atom stereocenters. The average Bonchev–Trinajstić information content (AvgIpc) is 2.75. The maximum Gasteiger partial charge on any atom is 0.250 e. The molecule has 7 nitrogen and oxygen atoms in total. The predicted octanol–water partition coefficient (Wildman–Crippen LogP) is 2.00. The smallest absolute Gasteiger partial charge is 0.250 e. The van der Waals surface area contributed by atoms with E-state index in [-0.39, 0.29) is 11.8 Å². The first-order valence-electron chi connectivity index (χ1n) is 9.22. The van der Waals surface area contributed by atoms with E-state index in [0.29, 0.717) is 18.4 Å². The summed E-state index contributed by atoms with van der Waals surface area (Å²) in [4.78, 5) is 34.9. The topological polar surface area (TPSA) is 142 Å². The van der Waals surface area contributed by atoms with Crippen LogP contribution in [-0.2, 0) is 22.4 Å². The molecule has 3 amide bonds. The summed E-state index contributed by atoms with van der Waals surface area (Å²) >= 11 is 0. The number of nitrogens with zero attached hydrogens (tertiary/aromatic N) is 1. The van der Waals surface area contributed by atoms with Gasteiger partial charge in [-0.2, -0.15) is 0 Å². The van der Waals surface area contributed by atoms with Gasteiger partial charge in [0.15, 0.2) is 0 Å². The first-order chi connectivity index (χ1) is 14.4. The molecule has 7 heteroatoms. The van der Waals surface area contributed by atoms with E-state index in [9.17, 15) is 14.4 Å². The Morgan fingerprint density at radius 1 is 0.700 bits per heavy atom. The number of hydrogen-bond donors (Lipinski definition) is 3. The minimum Gasteiger partial charge on any atom is -0.370 e. The summed E-state index contributed by atoms with van der Waals surface area (Å²) in [7, 11) is 0. The van der Waals surface area contributed by atoms with Crippen molar-refractivity contribution < 1.29 is 14.4 Å². The third kappa shape index (κ3) is 11.7. The molecular formula is C23H26N4O3. The number of pyridine rings is 1. The zero-order valence-electron chi connectivity index (χ0n) is 16.6. The molecule has 2 aromatic carbocycles. The van der Waals surface area contributed by atoms with Gasteiger partial charge in [-0.3, -0.25) is 19.4 Å². The molecule has 0 aliphatic rings. The lowest BCUT2D eigenvalue weighted by Gasteiger charge is -1.96. The van der Waals surface area contributed by atoms with E-state index >= 15 is 0 Å². The van der Waals surface area contributed by atoms with Crippen LogP contribution in [-0.4, -0.2) is 22.7 Å². The Kier molecular flexibility index (Phi) is 11.3. The fourth-order valence-corrected chi connectivity index (χ4v) is 2.22. The highest BCUT2D eigenvalue weighted by atomic mass is 16.1. The lowest BCUT2D eigenvalue weighted by atomic mass is 10.1. The van der Waals surface area contributed by atoms with Gasteiger partial charge in [-0.25, -0.2) is 0 Å². The van der Waals surface area contributed by atoms with Crippen LogP contribution in [0.3, 0.4) is 0 Å². The molecule has 0 fully saturated rings. The van der Waals surface area contributed by atoms with Gasteiger partial charge in [-0.15, -0.1) is 0 Å². The fourth-order valence-electron chi connectivity index (χ4n) is 2.22. The van der Waals surface area contributed by atoms with Gasteiger partial charge in [0.1, 0.15) is 0 Å². The van der Waals surface area contributed by atoms with Crippen molar-refractivity contribution in [2.75, 3.05) is 0 Å². The van der Waals surface area contributed by atoms with Crippen LogP contribution in [0.2, 0.25) is 0 Å². The number of nitrogens with two attached hydrogens (primary N) is 3. The van der Waals surface area contributed by atoms with Crippen LogP contribution in [0, 0.1) is 0 Å². The quantitative estimate of drug-likeness (QED) is 0.575. The molecule has 0 aliphatic heterocycles. The van der Waals surface area contributed by atoms with Crippen molar-refractivity contribution in [1.82, 2.24) is 4.98 Å². The van der Waals surface area contributed by atoms with Crippen LogP contribution in [0.5, 0.6) is 0 Å². The number of carbonyl (C=O) groups excluding carboxylic acids is 3. The molecular weight excluding hydrogens is 380 g/mol. The number of carbonyl (C=O) groups is 3. The van der Waals surface area contributed by atoms with Crippen LogP contribution in [0.1, 0.15) is 27.9 Å². The lowest BCUT2D eigenvalue weighted by molar-refractivity contribution is -0.118. The molecule has 0 unspecified atom stereocenters. The molecule has 30 heavy (non-hydrogen) atoms. The maximum absolute atomic E-state index is 10.4. The molecule has 6 N–H and O–H groups in total. The second-order valence-corrected chi connectivity index (χ2v) is 6.19. The second-order valence-electron chi connectivity index (χ2n) is 6.19. The lowest BCUT2D eigenvalue weighted by Crippen LogP contribution is -2.13. The number of primary amides is 3. The van der Waals surface area contributed by atoms with Crippen molar-refractivity contribution >= 4 is 17.7 Å². The molecule has 3 rings (SSSR count). The monoisotopic (exact) mass is 406 g/mol. The van der Waals surface area contributed by atoms with Crippen molar-refractivity contribution in [3.63, 3.8) is 0 Å². The number of aromatic nitrogens is 1. The van der Waals surface area contributed by atoms with Crippen molar-refractivity contribution in [2.45, 2.75) is 19.3 Å². The summed E-state index contributed by atoms with van der Waals surface area (Å²) in [5, 5.41) is 0. The second kappa shape index (κ2) is 14.1. The Balaban J connectivity index is 0.000000226. The highest BCUT2D eigenvalue weighted by Gasteiger charge is 1.96. The van der Waals surface area contributed by atoms with Crippen molar-refractivity contribution in [2.24, 2.45) is 17.2 Å². The van der Waals surface area contributed by atoms with Crippen LogP contribution in [0.4, 0.5) is 0 Å². The van der Waals surface area contributed by atoms with Gasteiger partial charge in [0, 0.05) is 18.8 Å². The number of amides is 3. The van der Waals surface area contributed by atoms with Crippen LogP contribution in [0.25, 0.3) is 0 Å². The van der Waals surface area contributed by atoms with E-state index in [1.165, 1.54) is 6.20 Å². The standard InChI is InChI=1S/C9H11NO.C8H9NO.C6H6N2O/c10-9(11)7-6-8-4-2-1-3-5-8;9-8(10)6-7-4-2-1-3-5-7;7-6(9)5-2-1-3-8-4-5/h1-5H,6-7H2,(H2,10,11);1-5H,6H2,(H2,9,10);1-4H,(H2,7,9). The van der Waals surface area contributed by atoms with E-state index in [0.717, 1.165) is 17.5 Å². The average molecular weight is 406 g/mol. The summed E-state index contributed by atoms with van der Waals surface area (Å²) in [5.41, 5.74) is 17.5. The molecule has 1 heterocycles. The number of benzene rings is 2. The Morgan fingerprint density at radius 3 is 1.67 bits per heavy atom. The summed E-state index contributed by atoms with van der Waals surface area (Å²) in [5.74, 6) is -0.969. The predicted molar refractivity (Wildman–Crippen MR) is 116 cm³/mol. The highest BCUT2D eigenvalue weighted by molar-refractivity contribution is 5.92. The molecule has 1 aromatic heterocycles.